The third kappa shape index (κ3) is 1.79. The second-order valence-electron chi connectivity index (χ2n) is 2.26. The lowest BCUT2D eigenvalue weighted by atomic mass is 9.79. The standard InChI is InChI=1S/C7H7BF2O3/c1-13-7-4(8(11)12)2-3-5(9)6(7)10/h2-3,11-12H,1H3/i1D3. The fraction of sp³-hybridized carbons (Fsp3) is 0.143. The first-order valence-electron chi connectivity index (χ1n) is 4.75. The SMILES string of the molecule is [2H]C([2H])([2H])Oc1c(B(O)O)ccc(F)c1F. The third-order valence-corrected chi connectivity index (χ3v) is 1.46. The van der Waals surface area contributed by atoms with Crippen LogP contribution in [0.3, 0.4) is 0 Å². The molecule has 0 radical (unpaired) electrons. The predicted octanol–water partition coefficient (Wildman–Crippen LogP) is -0.347. The summed E-state index contributed by atoms with van der Waals surface area (Å²) in [6.45, 7) is 0. The molecule has 2 N–H and O–H groups in total. The van der Waals surface area contributed by atoms with Crippen LogP contribution in [0.4, 0.5) is 8.78 Å². The molecule has 0 atom stereocenters. The molecular formula is C7H7BF2O3. The molecule has 0 aliphatic rings. The summed E-state index contributed by atoms with van der Waals surface area (Å²) in [7, 11) is -5.18. The zero-order valence-electron chi connectivity index (χ0n) is 9.29. The molecule has 0 amide bonds. The minimum atomic E-state index is -3.02. The van der Waals surface area contributed by atoms with E-state index in [1.54, 1.807) is 0 Å². The Morgan fingerprint density at radius 2 is 2.15 bits per heavy atom. The van der Waals surface area contributed by atoms with Gasteiger partial charge in [0.25, 0.3) is 0 Å². The first-order chi connectivity index (χ1) is 7.22. The highest BCUT2D eigenvalue weighted by Gasteiger charge is 2.22. The van der Waals surface area contributed by atoms with Gasteiger partial charge in [0.05, 0.1) is 11.2 Å². The number of methoxy groups -OCH3 is 1. The summed E-state index contributed by atoms with van der Waals surface area (Å²) in [6.07, 6.45) is 0. The van der Waals surface area contributed by atoms with E-state index in [9.17, 15) is 8.78 Å². The lowest BCUT2D eigenvalue weighted by molar-refractivity contribution is 0.369. The van der Waals surface area contributed by atoms with E-state index in [2.05, 4.69) is 4.74 Å². The summed E-state index contributed by atoms with van der Waals surface area (Å²) in [5, 5.41) is 17.6. The van der Waals surface area contributed by atoms with Gasteiger partial charge in [-0.3, -0.25) is 0 Å². The van der Waals surface area contributed by atoms with Crippen LogP contribution in [0.25, 0.3) is 0 Å². The van der Waals surface area contributed by atoms with Gasteiger partial charge in [0.2, 0.25) is 0 Å². The smallest absolute Gasteiger partial charge is 0.492 e. The van der Waals surface area contributed by atoms with E-state index < -0.39 is 37.0 Å². The van der Waals surface area contributed by atoms with Gasteiger partial charge in [-0.05, 0) is 6.07 Å². The molecule has 0 bridgehead atoms. The highest BCUT2D eigenvalue weighted by atomic mass is 19.2. The van der Waals surface area contributed by atoms with Crippen molar-refractivity contribution in [3.8, 4) is 5.75 Å². The Hall–Kier alpha value is -1.14. The lowest BCUT2D eigenvalue weighted by Crippen LogP contribution is -2.32. The molecule has 0 aromatic heterocycles. The number of benzene rings is 1. The molecule has 0 spiro atoms. The van der Waals surface area contributed by atoms with E-state index in [1.165, 1.54) is 0 Å². The van der Waals surface area contributed by atoms with Crippen molar-refractivity contribution >= 4 is 12.6 Å². The molecule has 3 nitrogen and oxygen atoms in total. The predicted molar refractivity (Wildman–Crippen MR) is 42.7 cm³/mol. The minimum absolute atomic E-state index is 0.560. The average molecular weight is 191 g/mol. The molecule has 1 aromatic rings. The third-order valence-electron chi connectivity index (χ3n) is 1.46. The summed E-state index contributed by atoms with van der Waals surface area (Å²) in [4.78, 5) is 0. The monoisotopic (exact) mass is 191 g/mol. The summed E-state index contributed by atoms with van der Waals surface area (Å²) in [5.41, 5.74) is -0.560. The van der Waals surface area contributed by atoms with Crippen LogP contribution in [0.5, 0.6) is 5.75 Å². The second kappa shape index (κ2) is 3.72. The van der Waals surface area contributed by atoms with Crippen LogP contribution in [0.15, 0.2) is 12.1 Å². The number of hydrogen-bond donors (Lipinski definition) is 2. The van der Waals surface area contributed by atoms with Crippen LogP contribution < -0.4 is 10.2 Å². The molecule has 13 heavy (non-hydrogen) atoms. The molecule has 1 aromatic carbocycles. The first-order valence-corrected chi connectivity index (χ1v) is 3.25. The summed E-state index contributed by atoms with van der Waals surface area (Å²) in [5.74, 6) is -3.96. The number of ether oxygens (including phenoxy) is 1. The lowest BCUT2D eigenvalue weighted by Gasteiger charge is -2.08. The fourth-order valence-corrected chi connectivity index (χ4v) is 0.854. The topological polar surface area (TPSA) is 49.7 Å². The largest absolute Gasteiger partial charge is 0.494 e. The molecule has 6 heteroatoms. The van der Waals surface area contributed by atoms with Crippen molar-refractivity contribution in [1.29, 1.82) is 0 Å². The van der Waals surface area contributed by atoms with Gasteiger partial charge in [-0.1, -0.05) is 6.07 Å². The van der Waals surface area contributed by atoms with E-state index in [0.717, 1.165) is 6.07 Å². The maximum atomic E-state index is 13.2. The Labute approximate surface area is 77.9 Å². The van der Waals surface area contributed by atoms with Crippen LogP contribution in [-0.2, 0) is 0 Å². The molecule has 0 fully saturated rings. The Balaban J connectivity index is 3.26. The van der Waals surface area contributed by atoms with Crippen molar-refractivity contribution in [3.63, 3.8) is 0 Å². The Morgan fingerprint density at radius 3 is 2.69 bits per heavy atom. The summed E-state index contributed by atoms with van der Waals surface area (Å²) < 4.78 is 50.3. The molecule has 1 rings (SSSR count). The van der Waals surface area contributed by atoms with E-state index in [4.69, 9.17) is 14.2 Å². The zero-order valence-corrected chi connectivity index (χ0v) is 6.29. The maximum Gasteiger partial charge on any atom is 0.492 e. The van der Waals surface area contributed by atoms with E-state index in [1.807, 2.05) is 0 Å². The van der Waals surface area contributed by atoms with Crippen molar-refractivity contribution in [1.82, 2.24) is 0 Å². The van der Waals surface area contributed by atoms with Crippen LogP contribution in [0, 0.1) is 11.6 Å². The van der Waals surface area contributed by atoms with Gasteiger partial charge in [0.15, 0.2) is 17.4 Å². The van der Waals surface area contributed by atoms with Gasteiger partial charge < -0.3 is 14.8 Å². The molecule has 0 aliphatic heterocycles. The van der Waals surface area contributed by atoms with Crippen molar-refractivity contribution < 1.29 is 27.7 Å². The molecule has 0 saturated carbocycles. The van der Waals surface area contributed by atoms with Crippen molar-refractivity contribution in [2.24, 2.45) is 0 Å². The van der Waals surface area contributed by atoms with E-state index >= 15 is 0 Å². The molecule has 0 unspecified atom stereocenters. The molecular weight excluding hydrogens is 181 g/mol. The zero-order chi connectivity index (χ0) is 12.5. The van der Waals surface area contributed by atoms with E-state index in [0.29, 0.717) is 6.07 Å². The molecule has 0 aliphatic carbocycles. The highest BCUT2D eigenvalue weighted by Crippen LogP contribution is 2.16. The second-order valence-corrected chi connectivity index (χ2v) is 2.26. The first kappa shape index (κ1) is 6.34. The Kier molecular flexibility index (Phi) is 1.81. The van der Waals surface area contributed by atoms with Crippen LogP contribution in [0.2, 0.25) is 0 Å². The van der Waals surface area contributed by atoms with Gasteiger partial charge in [-0.15, -0.1) is 0 Å². The Morgan fingerprint density at radius 1 is 1.46 bits per heavy atom. The normalized spacial score (nSPS) is 14.3. The number of rotatable bonds is 2. The molecule has 0 saturated heterocycles. The van der Waals surface area contributed by atoms with Crippen molar-refractivity contribution in [2.45, 2.75) is 0 Å². The van der Waals surface area contributed by atoms with Crippen LogP contribution in [0.1, 0.15) is 4.11 Å². The van der Waals surface area contributed by atoms with Gasteiger partial charge in [0, 0.05) is 5.46 Å². The van der Waals surface area contributed by atoms with Gasteiger partial charge in [-0.25, -0.2) is 4.39 Å². The molecule has 0 heterocycles. The number of hydrogen-bond acceptors (Lipinski definition) is 3. The highest BCUT2D eigenvalue weighted by molar-refractivity contribution is 6.59. The summed E-state index contributed by atoms with van der Waals surface area (Å²) >= 11 is 0. The summed E-state index contributed by atoms with van der Waals surface area (Å²) in [6, 6.07) is 1.46. The van der Waals surface area contributed by atoms with E-state index in [-0.39, 0.29) is 0 Å². The van der Waals surface area contributed by atoms with Crippen molar-refractivity contribution in [2.75, 3.05) is 7.04 Å². The van der Waals surface area contributed by atoms with Crippen molar-refractivity contribution in [3.05, 3.63) is 23.8 Å². The number of halogens is 2. The van der Waals surface area contributed by atoms with Crippen LogP contribution >= 0.6 is 0 Å². The maximum absolute atomic E-state index is 13.2. The average Bonchev–Trinajstić information content (AvgIpc) is 2.10. The fourth-order valence-electron chi connectivity index (χ4n) is 0.854. The van der Waals surface area contributed by atoms with Gasteiger partial charge >= 0.3 is 7.12 Å². The van der Waals surface area contributed by atoms with Gasteiger partial charge in [0.1, 0.15) is 0 Å². The molecule has 70 valence electrons. The quantitative estimate of drug-likeness (QED) is 0.628. The minimum Gasteiger partial charge on any atom is -0.494 e. The van der Waals surface area contributed by atoms with Gasteiger partial charge in [-0.2, -0.15) is 4.39 Å². The van der Waals surface area contributed by atoms with Crippen LogP contribution in [-0.4, -0.2) is 24.2 Å². The Bertz CT molecular complexity index is 397.